The van der Waals surface area contributed by atoms with Crippen LogP contribution in [0.4, 0.5) is 0 Å². The van der Waals surface area contributed by atoms with Crippen LogP contribution in [0, 0.1) is 17.2 Å². The van der Waals surface area contributed by atoms with E-state index in [-0.39, 0.29) is 17.4 Å². The van der Waals surface area contributed by atoms with E-state index < -0.39 is 62.9 Å². The largest absolute Gasteiger partial charge is 0.492 e. The molecule has 1 fully saturated rings. The molecule has 0 spiro atoms. The molecule has 2 heterocycles. The van der Waals surface area contributed by atoms with Gasteiger partial charge in [-0.1, -0.05) is 32.0 Å². The number of para-hydroxylation sites is 1. The van der Waals surface area contributed by atoms with Crippen LogP contribution in [0.15, 0.2) is 36.7 Å². The van der Waals surface area contributed by atoms with Crippen molar-refractivity contribution in [2.45, 2.75) is 64.4 Å². The summed E-state index contributed by atoms with van der Waals surface area (Å²) < 4.78 is 37.0. The molecule has 37 heavy (non-hydrogen) atoms. The number of esters is 1. The number of imidazole rings is 1. The van der Waals surface area contributed by atoms with Crippen LogP contribution in [0.2, 0.25) is 0 Å². The molecule has 0 amide bonds. The van der Waals surface area contributed by atoms with E-state index in [1.807, 2.05) is 0 Å². The topological polar surface area (TPSA) is 185 Å². The number of rotatable bonds is 11. The van der Waals surface area contributed by atoms with E-state index in [0.717, 1.165) is 10.9 Å². The van der Waals surface area contributed by atoms with Gasteiger partial charge >= 0.3 is 13.7 Å². The SMILES string of the molecule is CC(C)OC(=O)[C@@H](NP(=O)(OC[C@H]1O[C@@H](n2cnc(C#N)c2O)[C@H](O)[C@@H]1O)Oc1ccccc1)C(C)C. The molecule has 1 unspecified atom stereocenters. The standard InChI is InChI=1S/C23H31N4O9P/c1-13(2)18(23(31)34-14(3)4)26-37(32,36-15-8-6-5-7-9-15)33-11-17-19(28)20(29)22(35-17)27-12-25-16(10-24)21(27)30/h5-9,12-14,17-20,22,28-30H,11H2,1-4H3,(H,26,32)/t17-,18+,19-,20-,22-,37?/m1/s1. The fourth-order valence-electron chi connectivity index (χ4n) is 3.55. The van der Waals surface area contributed by atoms with E-state index in [1.165, 1.54) is 0 Å². The Balaban J connectivity index is 1.80. The van der Waals surface area contributed by atoms with Gasteiger partial charge in [-0.15, -0.1) is 0 Å². The summed E-state index contributed by atoms with van der Waals surface area (Å²) in [6.45, 7) is 6.29. The molecular weight excluding hydrogens is 507 g/mol. The molecule has 1 aliphatic heterocycles. The Labute approximate surface area is 214 Å². The molecule has 1 aliphatic rings. The molecule has 13 nitrogen and oxygen atoms in total. The monoisotopic (exact) mass is 538 g/mol. The zero-order chi connectivity index (χ0) is 27.3. The Bertz CT molecular complexity index is 1150. The van der Waals surface area contributed by atoms with Gasteiger partial charge in [-0.25, -0.2) is 9.55 Å². The molecule has 0 bridgehead atoms. The molecule has 1 aromatic heterocycles. The van der Waals surface area contributed by atoms with E-state index in [0.29, 0.717) is 0 Å². The van der Waals surface area contributed by atoms with Gasteiger partial charge in [0.05, 0.1) is 12.7 Å². The number of hydrogen-bond donors (Lipinski definition) is 4. The second-order valence-electron chi connectivity index (χ2n) is 9.02. The number of nitrogens with one attached hydrogen (secondary N) is 1. The smallest absolute Gasteiger partial charge is 0.459 e. The number of aliphatic hydroxyl groups is 2. The summed E-state index contributed by atoms with van der Waals surface area (Å²) in [5.74, 6) is -1.37. The zero-order valence-electron chi connectivity index (χ0n) is 20.8. The fourth-order valence-corrected chi connectivity index (χ4v) is 5.21. The van der Waals surface area contributed by atoms with Crippen LogP contribution in [-0.2, 0) is 23.4 Å². The van der Waals surface area contributed by atoms with Gasteiger partial charge in [0.25, 0.3) is 0 Å². The second kappa shape index (κ2) is 12.0. The molecule has 202 valence electrons. The highest BCUT2D eigenvalue weighted by molar-refractivity contribution is 7.52. The highest BCUT2D eigenvalue weighted by atomic mass is 31.2. The van der Waals surface area contributed by atoms with Crippen LogP contribution in [0.1, 0.15) is 39.6 Å². The van der Waals surface area contributed by atoms with Gasteiger partial charge in [0, 0.05) is 0 Å². The van der Waals surface area contributed by atoms with Crippen molar-refractivity contribution in [2.24, 2.45) is 5.92 Å². The predicted molar refractivity (Wildman–Crippen MR) is 128 cm³/mol. The highest BCUT2D eigenvalue weighted by Crippen LogP contribution is 2.46. The van der Waals surface area contributed by atoms with Crippen LogP contribution >= 0.6 is 7.75 Å². The number of ether oxygens (including phenoxy) is 2. The Morgan fingerprint density at radius 3 is 2.49 bits per heavy atom. The Morgan fingerprint density at radius 2 is 1.92 bits per heavy atom. The normalized spacial score (nSPS) is 24.0. The number of benzene rings is 1. The van der Waals surface area contributed by atoms with Gasteiger partial charge in [0.2, 0.25) is 11.6 Å². The minimum absolute atomic E-state index is 0.191. The second-order valence-corrected chi connectivity index (χ2v) is 10.7. The van der Waals surface area contributed by atoms with Gasteiger partial charge < -0.3 is 29.3 Å². The highest BCUT2D eigenvalue weighted by Gasteiger charge is 2.46. The third kappa shape index (κ3) is 6.87. The van der Waals surface area contributed by atoms with Crippen molar-refractivity contribution in [1.82, 2.24) is 14.6 Å². The lowest BCUT2D eigenvalue weighted by Crippen LogP contribution is -2.43. The maximum atomic E-state index is 13.8. The van der Waals surface area contributed by atoms with Crippen LogP contribution in [0.5, 0.6) is 11.6 Å². The number of aromatic hydroxyl groups is 1. The maximum Gasteiger partial charge on any atom is 0.459 e. The first-order valence-electron chi connectivity index (χ1n) is 11.6. The Hall–Kier alpha value is -2.98. The van der Waals surface area contributed by atoms with Crippen molar-refractivity contribution in [1.29, 1.82) is 5.26 Å². The molecule has 3 rings (SSSR count). The molecule has 0 saturated carbocycles. The van der Waals surface area contributed by atoms with Crippen molar-refractivity contribution in [3.63, 3.8) is 0 Å². The minimum Gasteiger partial charge on any atom is -0.492 e. The van der Waals surface area contributed by atoms with Crippen molar-refractivity contribution in [3.8, 4) is 17.7 Å². The van der Waals surface area contributed by atoms with E-state index in [2.05, 4.69) is 10.1 Å². The molecule has 6 atom stereocenters. The summed E-state index contributed by atoms with van der Waals surface area (Å²) in [6, 6.07) is 8.77. The molecule has 4 N–H and O–H groups in total. The van der Waals surface area contributed by atoms with Crippen LogP contribution in [0.25, 0.3) is 0 Å². The number of aromatic nitrogens is 2. The van der Waals surface area contributed by atoms with Crippen molar-refractivity contribution in [3.05, 3.63) is 42.4 Å². The molecule has 14 heteroatoms. The average molecular weight is 538 g/mol. The Kier molecular flexibility index (Phi) is 9.31. The summed E-state index contributed by atoms with van der Waals surface area (Å²) in [5, 5.41) is 42.8. The van der Waals surface area contributed by atoms with Crippen LogP contribution in [-0.4, -0.2) is 67.9 Å². The predicted octanol–water partition coefficient (Wildman–Crippen LogP) is 1.85. The minimum atomic E-state index is -4.28. The molecule has 1 saturated heterocycles. The average Bonchev–Trinajstić information content (AvgIpc) is 3.34. The van der Waals surface area contributed by atoms with E-state index >= 15 is 0 Å². The van der Waals surface area contributed by atoms with Gasteiger partial charge in [0.15, 0.2) is 6.23 Å². The first kappa shape index (κ1) is 28.6. The molecule has 2 aromatic rings. The fraction of sp³-hybridized carbons (Fsp3) is 0.522. The summed E-state index contributed by atoms with van der Waals surface area (Å²) >= 11 is 0. The zero-order valence-corrected chi connectivity index (χ0v) is 21.7. The number of hydrogen-bond acceptors (Lipinski definition) is 11. The van der Waals surface area contributed by atoms with Crippen LogP contribution < -0.4 is 9.61 Å². The van der Waals surface area contributed by atoms with Gasteiger partial charge in [-0.2, -0.15) is 10.3 Å². The van der Waals surface area contributed by atoms with Crippen LogP contribution in [0.3, 0.4) is 0 Å². The lowest BCUT2D eigenvalue weighted by atomic mass is 10.1. The Morgan fingerprint density at radius 1 is 1.24 bits per heavy atom. The third-order valence-corrected chi connectivity index (χ3v) is 6.97. The van der Waals surface area contributed by atoms with Gasteiger partial charge in [0.1, 0.15) is 42.5 Å². The lowest BCUT2D eigenvalue weighted by Gasteiger charge is -2.28. The number of carbonyl (C=O) groups is 1. The summed E-state index contributed by atoms with van der Waals surface area (Å²) in [4.78, 5) is 16.4. The quantitative estimate of drug-likeness (QED) is 0.241. The summed E-state index contributed by atoms with van der Waals surface area (Å²) in [7, 11) is -4.28. The molecular formula is C23H31N4O9P. The lowest BCUT2D eigenvalue weighted by molar-refractivity contribution is -0.150. The van der Waals surface area contributed by atoms with E-state index in [9.17, 15) is 24.7 Å². The first-order valence-corrected chi connectivity index (χ1v) is 13.1. The molecule has 1 aromatic carbocycles. The van der Waals surface area contributed by atoms with E-state index in [4.69, 9.17) is 23.8 Å². The van der Waals surface area contributed by atoms with Crippen molar-refractivity contribution in [2.75, 3.05) is 6.61 Å². The maximum absolute atomic E-state index is 13.8. The van der Waals surface area contributed by atoms with Crippen molar-refractivity contribution >= 4 is 13.7 Å². The number of nitrogens with zero attached hydrogens (tertiary/aromatic N) is 3. The number of carbonyl (C=O) groups excluding carboxylic acids is 1. The van der Waals surface area contributed by atoms with E-state index in [1.54, 1.807) is 64.1 Å². The molecule has 0 aliphatic carbocycles. The summed E-state index contributed by atoms with van der Waals surface area (Å²) in [5.41, 5.74) is -0.289. The number of nitriles is 1. The molecule has 0 radical (unpaired) electrons. The summed E-state index contributed by atoms with van der Waals surface area (Å²) in [6.07, 6.45) is -4.91. The van der Waals surface area contributed by atoms with Gasteiger partial charge in [-0.3, -0.25) is 13.9 Å². The van der Waals surface area contributed by atoms with Gasteiger partial charge in [-0.05, 0) is 31.9 Å². The third-order valence-electron chi connectivity index (χ3n) is 5.43. The first-order chi connectivity index (χ1) is 17.5. The number of aliphatic hydroxyl groups excluding tert-OH is 2. The van der Waals surface area contributed by atoms with Crippen molar-refractivity contribution < 1.29 is 43.2 Å².